The lowest BCUT2D eigenvalue weighted by Crippen LogP contribution is -2.31. The van der Waals surface area contributed by atoms with Crippen LogP contribution in [0.1, 0.15) is 25.6 Å². The maximum Gasteiger partial charge on any atom is 0.215 e. The molecule has 5 heteroatoms. The van der Waals surface area contributed by atoms with Crippen LogP contribution in [0.3, 0.4) is 0 Å². The molecule has 1 aliphatic rings. The minimum Gasteiger partial charge on any atom is -0.478 e. The summed E-state index contributed by atoms with van der Waals surface area (Å²) in [6, 6.07) is 3.87. The number of pyridine rings is 1. The fraction of sp³-hybridized carbons (Fsp3) is 0.571. The van der Waals surface area contributed by atoms with Crippen molar-refractivity contribution in [3.63, 3.8) is 0 Å². The quantitative estimate of drug-likeness (QED) is 0.881. The molecule has 1 saturated heterocycles. The van der Waals surface area contributed by atoms with E-state index in [1.165, 1.54) is 12.8 Å². The van der Waals surface area contributed by atoms with Crippen molar-refractivity contribution in [3.05, 3.63) is 18.0 Å². The highest BCUT2D eigenvalue weighted by atomic mass is 16.5. The molecule has 5 nitrogen and oxygen atoms in total. The molecule has 1 unspecified atom stereocenters. The van der Waals surface area contributed by atoms with E-state index < -0.39 is 0 Å². The van der Waals surface area contributed by atoms with Crippen molar-refractivity contribution in [2.45, 2.75) is 26.2 Å². The second kappa shape index (κ2) is 5.57. The van der Waals surface area contributed by atoms with Crippen LogP contribution in [0, 0.1) is 5.92 Å². The second-order valence-electron chi connectivity index (χ2n) is 5.05. The van der Waals surface area contributed by atoms with Crippen molar-refractivity contribution in [3.8, 4) is 5.88 Å². The van der Waals surface area contributed by atoms with Crippen LogP contribution in [0.15, 0.2) is 12.1 Å². The van der Waals surface area contributed by atoms with Crippen molar-refractivity contribution >= 4 is 11.2 Å². The van der Waals surface area contributed by atoms with Gasteiger partial charge in [-0.15, -0.1) is 0 Å². The Hall–Kier alpha value is -1.62. The normalized spacial score (nSPS) is 19.7. The first-order valence-corrected chi connectivity index (χ1v) is 7.04. The fourth-order valence-corrected chi connectivity index (χ4v) is 2.62. The Balaban J connectivity index is 1.76. The van der Waals surface area contributed by atoms with Crippen LogP contribution in [0.25, 0.3) is 11.2 Å². The molecule has 2 N–H and O–H groups in total. The molecule has 3 heterocycles. The maximum absolute atomic E-state index is 5.40. The topological polar surface area (TPSA) is 62.8 Å². The van der Waals surface area contributed by atoms with Crippen molar-refractivity contribution < 1.29 is 4.74 Å². The van der Waals surface area contributed by atoms with Gasteiger partial charge in [0.15, 0.2) is 5.65 Å². The molecule has 0 bridgehead atoms. The largest absolute Gasteiger partial charge is 0.478 e. The standard InChI is InChI=1S/C14H20N4O/c1-2-19-13-6-5-11-14(18-13)17-12(16-11)8-10-4-3-7-15-9-10/h5-6,10,15H,2-4,7-9H2,1H3,(H,16,17,18). The van der Waals surface area contributed by atoms with Gasteiger partial charge in [0.2, 0.25) is 5.88 Å². The van der Waals surface area contributed by atoms with Crippen molar-refractivity contribution in [2.75, 3.05) is 19.7 Å². The molecular weight excluding hydrogens is 240 g/mol. The molecule has 0 radical (unpaired) electrons. The summed E-state index contributed by atoms with van der Waals surface area (Å²) in [6.07, 6.45) is 3.53. The number of fused-ring (bicyclic) bond motifs is 1. The van der Waals surface area contributed by atoms with Gasteiger partial charge in [-0.05, 0) is 44.8 Å². The van der Waals surface area contributed by atoms with Crippen LogP contribution in [-0.2, 0) is 6.42 Å². The van der Waals surface area contributed by atoms with Crippen molar-refractivity contribution in [2.24, 2.45) is 5.92 Å². The molecular formula is C14H20N4O. The van der Waals surface area contributed by atoms with Crippen molar-refractivity contribution in [1.82, 2.24) is 20.3 Å². The molecule has 2 aromatic heterocycles. The summed E-state index contributed by atoms with van der Waals surface area (Å²) in [5.41, 5.74) is 1.74. The van der Waals surface area contributed by atoms with Gasteiger partial charge < -0.3 is 15.0 Å². The minimum atomic E-state index is 0.629. The van der Waals surface area contributed by atoms with E-state index >= 15 is 0 Å². The number of H-pyrrole nitrogens is 1. The SMILES string of the molecule is CCOc1ccc2[nH]c(CC3CCCNC3)nc2n1. The van der Waals surface area contributed by atoms with E-state index in [0.29, 0.717) is 18.4 Å². The molecule has 0 spiro atoms. The number of imidazole rings is 1. The average molecular weight is 260 g/mol. The van der Waals surface area contributed by atoms with Gasteiger partial charge in [-0.3, -0.25) is 0 Å². The highest BCUT2D eigenvalue weighted by Crippen LogP contribution is 2.18. The smallest absolute Gasteiger partial charge is 0.215 e. The number of aromatic nitrogens is 3. The first kappa shape index (κ1) is 12.4. The molecule has 3 rings (SSSR count). The van der Waals surface area contributed by atoms with E-state index in [1.54, 1.807) is 0 Å². The second-order valence-corrected chi connectivity index (χ2v) is 5.05. The zero-order valence-electron chi connectivity index (χ0n) is 11.3. The number of nitrogens with zero attached hydrogens (tertiary/aromatic N) is 2. The highest BCUT2D eigenvalue weighted by Gasteiger charge is 2.15. The molecule has 0 aliphatic carbocycles. The molecule has 0 saturated carbocycles. The first-order valence-electron chi connectivity index (χ1n) is 7.04. The molecule has 1 atom stereocenters. The third kappa shape index (κ3) is 2.87. The van der Waals surface area contributed by atoms with Crippen molar-refractivity contribution in [1.29, 1.82) is 0 Å². The minimum absolute atomic E-state index is 0.629. The summed E-state index contributed by atoms with van der Waals surface area (Å²) in [5, 5.41) is 3.44. The number of hydrogen-bond donors (Lipinski definition) is 2. The van der Waals surface area contributed by atoms with Crippen LogP contribution >= 0.6 is 0 Å². The molecule has 0 aromatic carbocycles. The van der Waals surface area contributed by atoms with Crippen LogP contribution in [0.2, 0.25) is 0 Å². The number of nitrogens with one attached hydrogen (secondary N) is 2. The number of piperidine rings is 1. The zero-order valence-corrected chi connectivity index (χ0v) is 11.3. The van der Waals surface area contributed by atoms with Gasteiger partial charge in [-0.1, -0.05) is 0 Å². The maximum atomic E-state index is 5.40. The van der Waals surface area contributed by atoms with E-state index in [0.717, 1.165) is 36.5 Å². The van der Waals surface area contributed by atoms with Gasteiger partial charge in [-0.25, -0.2) is 4.98 Å². The molecule has 1 fully saturated rings. The van der Waals surface area contributed by atoms with E-state index in [2.05, 4.69) is 20.3 Å². The molecule has 102 valence electrons. The summed E-state index contributed by atoms with van der Waals surface area (Å²) in [6.45, 7) is 4.83. The molecule has 1 aliphatic heterocycles. The zero-order chi connectivity index (χ0) is 13.1. The summed E-state index contributed by atoms with van der Waals surface area (Å²) >= 11 is 0. The molecule has 2 aromatic rings. The summed E-state index contributed by atoms with van der Waals surface area (Å²) in [7, 11) is 0. The summed E-state index contributed by atoms with van der Waals surface area (Å²) < 4.78 is 5.40. The Morgan fingerprint density at radius 2 is 2.32 bits per heavy atom. The van der Waals surface area contributed by atoms with Gasteiger partial charge >= 0.3 is 0 Å². The van der Waals surface area contributed by atoms with E-state index in [4.69, 9.17) is 4.74 Å². The van der Waals surface area contributed by atoms with E-state index in [9.17, 15) is 0 Å². The van der Waals surface area contributed by atoms with Gasteiger partial charge in [0, 0.05) is 12.5 Å². The van der Waals surface area contributed by atoms with E-state index in [-0.39, 0.29) is 0 Å². The molecule has 0 amide bonds. The number of rotatable bonds is 4. The Kier molecular flexibility index (Phi) is 3.64. The Morgan fingerprint density at radius 3 is 3.11 bits per heavy atom. The van der Waals surface area contributed by atoms with Crippen LogP contribution in [-0.4, -0.2) is 34.6 Å². The van der Waals surface area contributed by atoms with E-state index in [1.807, 2.05) is 19.1 Å². The van der Waals surface area contributed by atoms with Crippen LogP contribution < -0.4 is 10.1 Å². The third-order valence-corrected chi connectivity index (χ3v) is 3.54. The lowest BCUT2D eigenvalue weighted by Gasteiger charge is -2.21. The Morgan fingerprint density at radius 1 is 1.37 bits per heavy atom. The number of ether oxygens (including phenoxy) is 1. The van der Waals surface area contributed by atoms with Gasteiger partial charge in [-0.2, -0.15) is 4.98 Å². The Bertz CT molecular complexity index is 545. The lowest BCUT2D eigenvalue weighted by molar-refractivity contribution is 0.328. The summed E-state index contributed by atoms with van der Waals surface area (Å²) in [5.74, 6) is 2.36. The lowest BCUT2D eigenvalue weighted by atomic mass is 9.96. The third-order valence-electron chi connectivity index (χ3n) is 3.54. The predicted molar refractivity (Wildman–Crippen MR) is 74.4 cm³/mol. The Labute approximate surface area is 112 Å². The fourth-order valence-electron chi connectivity index (χ4n) is 2.62. The monoisotopic (exact) mass is 260 g/mol. The number of hydrogen-bond acceptors (Lipinski definition) is 4. The average Bonchev–Trinajstić information content (AvgIpc) is 2.82. The first-order chi connectivity index (χ1) is 9.35. The van der Waals surface area contributed by atoms with Gasteiger partial charge in [0.1, 0.15) is 5.82 Å². The highest BCUT2D eigenvalue weighted by molar-refractivity contribution is 5.71. The van der Waals surface area contributed by atoms with Crippen LogP contribution in [0.5, 0.6) is 5.88 Å². The predicted octanol–water partition coefficient (Wildman–Crippen LogP) is 1.90. The van der Waals surface area contributed by atoms with Gasteiger partial charge in [0.05, 0.1) is 12.1 Å². The number of aromatic amines is 1. The molecule has 19 heavy (non-hydrogen) atoms. The van der Waals surface area contributed by atoms with Crippen LogP contribution in [0.4, 0.5) is 0 Å². The summed E-state index contributed by atoms with van der Waals surface area (Å²) in [4.78, 5) is 12.3. The van der Waals surface area contributed by atoms with Gasteiger partial charge in [0.25, 0.3) is 0 Å².